The van der Waals surface area contributed by atoms with Crippen LogP contribution in [0.4, 0.5) is 4.79 Å². The van der Waals surface area contributed by atoms with Crippen LogP contribution in [0.2, 0.25) is 0 Å². The minimum absolute atomic E-state index is 0.145. The molecular weight excluding hydrogens is 280 g/mol. The Labute approximate surface area is 129 Å². The van der Waals surface area contributed by atoms with Gasteiger partial charge in [-0.2, -0.15) is 5.10 Å². The van der Waals surface area contributed by atoms with Crippen LogP contribution < -0.4 is 10.6 Å². The van der Waals surface area contributed by atoms with Crippen LogP contribution in [0.1, 0.15) is 37.9 Å². The summed E-state index contributed by atoms with van der Waals surface area (Å²) in [4.78, 5) is 20.2. The Hall–Kier alpha value is -2.44. The predicted octanol–water partition coefficient (Wildman–Crippen LogP) is 2.00. The molecule has 0 radical (unpaired) electrons. The van der Waals surface area contributed by atoms with E-state index in [2.05, 4.69) is 30.8 Å². The highest BCUT2D eigenvalue weighted by molar-refractivity contribution is 5.74. The highest BCUT2D eigenvalue weighted by Crippen LogP contribution is 2.17. The second kappa shape index (κ2) is 7.02. The van der Waals surface area contributed by atoms with Crippen LogP contribution in [-0.4, -0.2) is 32.2 Å². The summed E-state index contributed by atoms with van der Waals surface area (Å²) in [6, 6.07) is 3.84. The summed E-state index contributed by atoms with van der Waals surface area (Å²) < 4.78 is 0. The molecule has 2 aromatic rings. The van der Waals surface area contributed by atoms with Crippen molar-refractivity contribution in [2.24, 2.45) is 0 Å². The molecule has 0 saturated heterocycles. The number of pyridine rings is 1. The van der Waals surface area contributed by atoms with Crippen molar-refractivity contribution in [2.45, 2.75) is 44.7 Å². The molecule has 1 saturated carbocycles. The molecular formula is C15H20N6O. The molecule has 1 aliphatic rings. The first kappa shape index (κ1) is 14.5. The van der Waals surface area contributed by atoms with E-state index < -0.39 is 0 Å². The minimum Gasteiger partial charge on any atom is -0.335 e. The summed E-state index contributed by atoms with van der Waals surface area (Å²) in [6.07, 6.45) is 9.20. The lowest BCUT2D eigenvalue weighted by Crippen LogP contribution is -2.42. The van der Waals surface area contributed by atoms with E-state index in [0.717, 1.165) is 18.4 Å². The quantitative estimate of drug-likeness (QED) is 0.804. The van der Waals surface area contributed by atoms with Gasteiger partial charge in [-0.25, -0.2) is 9.78 Å². The molecule has 7 nitrogen and oxygen atoms in total. The Morgan fingerprint density at radius 3 is 2.77 bits per heavy atom. The lowest BCUT2D eigenvalue weighted by Gasteiger charge is -2.22. The van der Waals surface area contributed by atoms with Crippen LogP contribution in [-0.2, 0) is 6.54 Å². The number of hydrogen-bond donors (Lipinski definition) is 3. The normalized spacial score (nSPS) is 15.5. The maximum Gasteiger partial charge on any atom is 0.315 e. The van der Waals surface area contributed by atoms with Crippen molar-refractivity contribution in [3.63, 3.8) is 0 Å². The van der Waals surface area contributed by atoms with E-state index in [1.54, 1.807) is 12.4 Å². The zero-order valence-electron chi connectivity index (χ0n) is 12.4. The molecule has 0 bridgehead atoms. The van der Waals surface area contributed by atoms with E-state index in [1.807, 2.05) is 12.1 Å². The summed E-state index contributed by atoms with van der Waals surface area (Å²) >= 11 is 0. The summed E-state index contributed by atoms with van der Waals surface area (Å²) in [7, 11) is 0. The standard InChI is InChI=1S/C15H20N6O/c22-15(18-12-4-2-1-3-5-12)17-10-13-19-14(21-20-13)11-6-8-16-9-7-11/h6-9,12H,1-5,10H2,(H2,17,18,22)(H,19,20,21). The van der Waals surface area contributed by atoms with Crippen molar-refractivity contribution < 1.29 is 4.79 Å². The molecule has 0 unspecified atom stereocenters. The second-order valence-corrected chi connectivity index (χ2v) is 5.50. The van der Waals surface area contributed by atoms with Gasteiger partial charge < -0.3 is 10.6 Å². The molecule has 3 N–H and O–H groups in total. The van der Waals surface area contributed by atoms with Crippen LogP contribution in [0.5, 0.6) is 0 Å². The van der Waals surface area contributed by atoms with Gasteiger partial charge in [0.15, 0.2) is 5.82 Å². The van der Waals surface area contributed by atoms with E-state index in [9.17, 15) is 4.79 Å². The second-order valence-electron chi connectivity index (χ2n) is 5.50. The number of aromatic amines is 1. The van der Waals surface area contributed by atoms with Gasteiger partial charge in [0.25, 0.3) is 0 Å². The fourth-order valence-electron chi connectivity index (χ4n) is 2.65. The number of nitrogens with one attached hydrogen (secondary N) is 3. The molecule has 1 aliphatic carbocycles. The number of aromatic nitrogens is 4. The van der Waals surface area contributed by atoms with Gasteiger partial charge in [-0.05, 0) is 25.0 Å². The average Bonchev–Trinajstić information content (AvgIpc) is 3.04. The average molecular weight is 300 g/mol. The third-order valence-electron chi connectivity index (χ3n) is 3.83. The summed E-state index contributed by atoms with van der Waals surface area (Å²) in [6.45, 7) is 0.330. The summed E-state index contributed by atoms with van der Waals surface area (Å²) in [5.74, 6) is 1.23. The fraction of sp³-hybridized carbons (Fsp3) is 0.467. The first-order valence-electron chi connectivity index (χ1n) is 7.67. The Balaban J connectivity index is 1.49. The van der Waals surface area contributed by atoms with Gasteiger partial charge in [0.2, 0.25) is 0 Å². The Bertz CT molecular complexity index is 606. The molecule has 0 aromatic carbocycles. The smallest absolute Gasteiger partial charge is 0.315 e. The molecule has 3 rings (SSSR count). The van der Waals surface area contributed by atoms with Crippen molar-refractivity contribution in [1.82, 2.24) is 30.8 Å². The number of hydrogen-bond acceptors (Lipinski definition) is 4. The topological polar surface area (TPSA) is 95.6 Å². The van der Waals surface area contributed by atoms with Crippen molar-refractivity contribution in [1.29, 1.82) is 0 Å². The van der Waals surface area contributed by atoms with E-state index >= 15 is 0 Å². The highest BCUT2D eigenvalue weighted by Gasteiger charge is 2.15. The van der Waals surface area contributed by atoms with Gasteiger partial charge in [0.05, 0.1) is 6.54 Å². The van der Waals surface area contributed by atoms with Gasteiger partial charge in [0, 0.05) is 24.0 Å². The first-order chi connectivity index (χ1) is 10.8. The molecule has 2 aromatic heterocycles. The zero-order chi connectivity index (χ0) is 15.2. The molecule has 1 fully saturated rings. The minimum atomic E-state index is -0.145. The van der Waals surface area contributed by atoms with Crippen LogP contribution in [0.3, 0.4) is 0 Å². The number of nitrogens with zero attached hydrogens (tertiary/aromatic N) is 3. The first-order valence-corrected chi connectivity index (χ1v) is 7.67. The Morgan fingerprint density at radius 2 is 2.00 bits per heavy atom. The largest absolute Gasteiger partial charge is 0.335 e. The number of carbonyl (C=O) groups is 1. The van der Waals surface area contributed by atoms with Gasteiger partial charge in [-0.1, -0.05) is 19.3 Å². The number of H-pyrrole nitrogens is 1. The van der Waals surface area contributed by atoms with Crippen molar-refractivity contribution in [3.8, 4) is 11.4 Å². The molecule has 0 atom stereocenters. The number of urea groups is 1. The maximum atomic E-state index is 11.9. The van der Waals surface area contributed by atoms with Gasteiger partial charge in [-0.3, -0.25) is 10.1 Å². The molecule has 2 amide bonds. The summed E-state index contributed by atoms with van der Waals surface area (Å²) in [5.41, 5.74) is 0.893. The van der Waals surface area contributed by atoms with Crippen LogP contribution in [0, 0.1) is 0 Å². The maximum absolute atomic E-state index is 11.9. The lowest BCUT2D eigenvalue weighted by atomic mass is 9.96. The fourth-order valence-corrected chi connectivity index (χ4v) is 2.65. The molecule has 2 heterocycles. The van der Waals surface area contributed by atoms with Crippen LogP contribution >= 0.6 is 0 Å². The number of amides is 2. The Morgan fingerprint density at radius 1 is 1.23 bits per heavy atom. The van der Waals surface area contributed by atoms with E-state index in [1.165, 1.54) is 19.3 Å². The predicted molar refractivity (Wildman–Crippen MR) is 81.9 cm³/mol. The molecule has 0 aliphatic heterocycles. The Kier molecular flexibility index (Phi) is 4.62. The third-order valence-corrected chi connectivity index (χ3v) is 3.83. The van der Waals surface area contributed by atoms with Gasteiger partial charge in [-0.15, -0.1) is 0 Å². The molecule has 22 heavy (non-hydrogen) atoms. The highest BCUT2D eigenvalue weighted by atomic mass is 16.2. The van der Waals surface area contributed by atoms with E-state index in [0.29, 0.717) is 24.2 Å². The van der Waals surface area contributed by atoms with Crippen molar-refractivity contribution in [3.05, 3.63) is 30.4 Å². The number of carbonyl (C=O) groups excluding carboxylic acids is 1. The van der Waals surface area contributed by atoms with E-state index in [-0.39, 0.29) is 6.03 Å². The lowest BCUT2D eigenvalue weighted by molar-refractivity contribution is 0.232. The molecule has 0 spiro atoms. The van der Waals surface area contributed by atoms with Crippen LogP contribution in [0.15, 0.2) is 24.5 Å². The van der Waals surface area contributed by atoms with Gasteiger partial charge >= 0.3 is 6.03 Å². The SMILES string of the molecule is O=C(NCc1nc(-c2ccncc2)n[nH]1)NC1CCCCC1. The number of rotatable bonds is 4. The van der Waals surface area contributed by atoms with Crippen molar-refractivity contribution >= 4 is 6.03 Å². The third kappa shape index (κ3) is 3.81. The van der Waals surface area contributed by atoms with Gasteiger partial charge in [0.1, 0.15) is 5.82 Å². The molecule has 7 heteroatoms. The summed E-state index contributed by atoms with van der Waals surface area (Å²) in [5, 5.41) is 12.8. The monoisotopic (exact) mass is 300 g/mol. The zero-order valence-corrected chi connectivity index (χ0v) is 12.4. The van der Waals surface area contributed by atoms with Crippen LogP contribution in [0.25, 0.3) is 11.4 Å². The van der Waals surface area contributed by atoms with E-state index in [4.69, 9.17) is 0 Å². The molecule has 116 valence electrons. The van der Waals surface area contributed by atoms with Crippen molar-refractivity contribution in [2.75, 3.05) is 0 Å².